The first-order valence-corrected chi connectivity index (χ1v) is 8.78. The van der Waals surface area contributed by atoms with Crippen molar-refractivity contribution in [2.24, 2.45) is 5.92 Å². The predicted octanol–water partition coefficient (Wildman–Crippen LogP) is 1.90. The largest absolute Gasteiger partial charge is 0.393 e. The summed E-state index contributed by atoms with van der Waals surface area (Å²) in [6.07, 6.45) is 3.56. The molecule has 0 heterocycles. The van der Waals surface area contributed by atoms with Crippen molar-refractivity contribution in [2.75, 3.05) is 26.0 Å². The molecule has 0 aliphatic heterocycles. The van der Waals surface area contributed by atoms with Gasteiger partial charge in [0, 0.05) is 20.6 Å². The fraction of sp³-hybridized carbons (Fsp3) is 0.600. The molecule has 1 aromatic rings. The van der Waals surface area contributed by atoms with Gasteiger partial charge in [0.25, 0.3) is 0 Å². The van der Waals surface area contributed by atoms with Gasteiger partial charge in [0.15, 0.2) is 0 Å². The molecule has 0 aromatic heterocycles. The van der Waals surface area contributed by atoms with Crippen molar-refractivity contribution in [3.8, 4) is 0 Å². The number of hydrogen-bond acceptors (Lipinski definition) is 4. The zero-order chi connectivity index (χ0) is 15.5. The van der Waals surface area contributed by atoms with E-state index in [-0.39, 0.29) is 6.10 Å². The molecule has 0 bridgehead atoms. The maximum Gasteiger partial charge on any atom is 0.244 e. The van der Waals surface area contributed by atoms with Gasteiger partial charge in [-0.15, -0.1) is 0 Å². The van der Waals surface area contributed by atoms with Crippen molar-refractivity contribution in [1.82, 2.24) is 4.31 Å². The molecule has 2 rings (SSSR count). The molecule has 1 aliphatic rings. The summed E-state index contributed by atoms with van der Waals surface area (Å²) in [5.41, 5.74) is 0.631. The van der Waals surface area contributed by atoms with Gasteiger partial charge in [0.2, 0.25) is 10.0 Å². The topological polar surface area (TPSA) is 69.6 Å². The Labute approximate surface area is 127 Å². The van der Waals surface area contributed by atoms with Crippen LogP contribution in [0.3, 0.4) is 0 Å². The third-order valence-corrected chi connectivity index (χ3v) is 5.86. The number of nitrogens with one attached hydrogen (secondary N) is 1. The van der Waals surface area contributed by atoms with E-state index in [2.05, 4.69) is 5.32 Å². The number of para-hydroxylation sites is 1. The Bertz CT molecular complexity index is 572. The van der Waals surface area contributed by atoms with Crippen LogP contribution in [0, 0.1) is 5.92 Å². The number of rotatable bonds is 5. The third kappa shape index (κ3) is 3.96. The number of nitrogens with zero attached hydrogens (tertiary/aromatic N) is 1. The van der Waals surface area contributed by atoms with E-state index < -0.39 is 10.0 Å². The van der Waals surface area contributed by atoms with Crippen molar-refractivity contribution in [1.29, 1.82) is 0 Å². The maximum atomic E-state index is 12.3. The van der Waals surface area contributed by atoms with Gasteiger partial charge in [-0.2, -0.15) is 0 Å². The second-order valence-corrected chi connectivity index (χ2v) is 7.97. The number of sulfonamides is 1. The highest BCUT2D eigenvalue weighted by Crippen LogP contribution is 2.27. The number of aliphatic hydroxyl groups is 1. The van der Waals surface area contributed by atoms with Gasteiger partial charge in [0.1, 0.15) is 4.90 Å². The van der Waals surface area contributed by atoms with Gasteiger partial charge >= 0.3 is 0 Å². The molecular formula is C15H24N2O3S. The quantitative estimate of drug-likeness (QED) is 0.871. The van der Waals surface area contributed by atoms with Crippen LogP contribution in [0.5, 0.6) is 0 Å². The fourth-order valence-electron chi connectivity index (χ4n) is 2.74. The number of hydrogen-bond donors (Lipinski definition) is 2. The van der Waals surface area contributed by atoms with Crippen LogP contribution < -0.4 is 5.32 Å². The van der Waals surface area contributed by atoms with E-state index >= 15 is 0 Å². The standard InChI is InChI=1S/C15H24N2O3S/c1-17(2)21(19,20)15-9-4-3-8-14(15)16-11-12-6-5-7-13(18)10-12/h3-4,8-9,12-13,16,18H,5-7,10-11H2,1-2H3. The lowest BCUT2D eigenvalue weighted by Crippen LogP contribution is -2.26. The number of aliphatic hydroxyl groups excluding tert-OH is 1. The van der Waals surface area contributed by atoms with Crippen LogP contribution in [0.2, 0.25) is 0 Å². The Kier molecular flexibility index (Phi) is 5.24. The molecule has 0 spiro atoms. The van der Waals surface area contributed by atoms with Crippen molar-refractivity contribution < 1.29 is 13.5 Å². The lowest BCUT2D eigenvalue weighted by molar-refractivity contribution is 0.104. The summed E-state index contributed by atoms with van der Waals surface area (Å²) >= 11 is 0. The van der Waals surface area contributed by atoms with Gasteiger partial charge in [-0.1, -0.05) is 18.6 Å². The van der Waals surface area contributed by atoms with E-state index in [4.69, 9.17) is 0 Å². The Hall–Kier alpha value is -1.11. The molecule has 1 aliphatic carbocycles. The minimum atomic E-state index is -3.45. The Balaban J connectivity index is 2.10. The fourth-order valence-corrected chi connectivity index (χ4v) is 3.80. The molecule has 1 aromatic carbocycles. The first-order valence-electron chi connectivity index (χ1n) is 7.34. The van der Waals surface area contributed by atoms with Gasteiger partial charge in [-0.05, 0) is 37.3 Å². The Morgan fingerprint density at radius 1 is 1.29 bits per heavy atom. The van der Waals surface area contributed by atoms with Gasteiger partial charge in [0.05, 0.1) is 11.8 Å². The van der Waals surface area contributed by atoms with E-state index in [1.54, 1.807) is 18.2 Å². The van der Waals surface area contributed by atoms with Crippen LogP contribution >= 0.6 is 0 Å². The van der Waals surface area contributed by atoms with Crippen LogP contribution in [0.15, 0.2) is 29.2 Å². The summed E-state index contributed by atoms with van der Waals surface area (Å²) in [6.45, 7) is 0.691. The highest BCUT2D eigenvalue weighted by Gasteiger charge is 2.23. The van der Waals surface area contributed by atoms with Crippen LogP contribution in [-0.4, -0.2) is 44.6 Å². The molecule has 2 atom stereocenters. The summed E-state index contributed by atoms with van der Waals surface area (Å²) < 4.78 is 25.8. The zero-order valence-electron chi connectivity index (χ0n) is 12.6. The van der Waals surface area contributed by atoms with E-state index in [1.165, 1.54) is 18.4 Å². The molecule has 2 unspecified atom stereocenters. The van der Waals surface area contributed by atoms with Crippen molar-refractivity contribution in [3.05, 3.63) is 24.3 Å². The predicted molar refractivity (Wildman–Crippen MR) is 83.8 cm³/mol. The summed E-state index contributed by atoms with van der Waals surface area (Å²) in [5.74, 6) is 0.392. The lowest BCUT2D eigenvalue weighted by atomic mass is 9.87. The van der Waals surface area contributed by atoms with Crippen LogP contribution in [0.25, 0.3) is 0 Å². The SMILES string of the molecule is CN(C)S(=O)(=O)c1ccccc1NCC1CCCC(O)C1. The molecule has 0 radical (unpaired) electrons. The smallest absolute Gasteiger partial charge is 0.244 e. The monoisotopic (exact) mass is 312 g/mol. The van der Waals surface area contributed by atoms with Gasteiger partial charge < -0.3 is 10.4 Å². The average Bonchev–Trinajstić information content (AvgIpc) is 2.45. The van der Waals surface area contributed by atoms with Crippen molar-refractivity contribution in [3.63, 3.8) is 0 Å². The number of benzene rings is 1. The summed E-state index contributed by atoms with van der Waals surface area (Å²) in [4.78, 5) is 0.298. The second-order valence-electron chi connectivity index (χ2n) is 5.85. The van der Waals surface area contributed by atoms with E-state index in [1.807, 2.05) is 6.07 Å². The second kappa shape index (κ2) is 6.77. The maximum absolute atomic E-state index is 12.3. The minimum Gasteiger partial charge on any atom is -0.393 e. The van der Waals surface area contributed by atoms with Crippen molar-refractivity contribution in [2.45, 2.75) is 36.7 Å². The first kappa shape index (κ1) is 16.3. The third-order valence-electron chi connectivity index (χ3n) is 3.98. The molecule has 6 heteroatoms. The summed E-state index contributed by atoms with van der Waals surface area (Å²) in [6, 6.07) is 6.96. The molecule has 118 valence electrons. The zero-order valence-corrected chi connectivity index (χ0v) is 13.4. The van der Waals surface area contributed by atoms with Gasteiger partial charge in [-0.25, -0.2) is 12.7 Å². The summed E-state index contributed by atoms with van der Waals surface area (Å²) in [7, 11) is -0.387. The van der Waals surface area contributed by atoms with E-state index in [9.17, 15) is 13.5 Å². The highest BCUT2D eigenvalue weighted by atomic mass is 32.2. The Morgan fingerprint density at radius 2 is 2.00 bits per heavy atom. The average molecular weight is 312 g/mol. The molecule has 1 saturated carbocycles. The molecule has 0 saturated heterocycles. The molecule has 5 nitrogen and oxygen atoms in total. The number of anilines is 1. The van der Waals surface area contributed by atoms with Crippen LogP contribution in [0.1, 0.15) is 25.7 Å². The normalized spacial score (nSPS) is 23.2. The summed E-state index contributed by atoms with van der Waals surface area (Å²) in [5, 5.41) is 13.0. The van der Waals surface area contributed by atoms with Crippen molar-refractivity contribution >= 4 is 15.7 Å². The molecular weight excluding hydrogens is 288 g/mol. The first-order chi connectivity index (χ1) is 9.91. The van der Waals surface area contributed by atoms with Gasteiger partial charge in [-0.3, -0.25) is 0 Å². The molecule has 1 fully saturated rings. The minimum absolute atomic E-state index is 0.216. The van der Waals surface area contributed by atoms with E-state index in [0.717, 1.165) is 25.7 Å². The van der Waals surface area contributed by atoms with Crippen LogP contribution in [0.4, 0.5) is 5.69 Å². The molecule has 21 heavy (non-hydrogen) atoms. The Morgan fingerprint density at radius 3 is 2.67 bits per heavy atom. The highest BCUT2D eigenvalue weighted by molar-refractivity contribution is 7.89. The lowest BCUT2D eigenvalue weighted by Gasteiger charge is -2.26. The molecule has 2 N–H and O–H groups in total. The van der Waals surface area contributed by atoms with Crippen LogP contribution in [-0.2, 0) is 10.0 Å². The van der Waals surface area contributed by atoms with E-state index in [0.29, 0.717) is 23.0 Å². The molecule has 0 amide bonds.